The lowest BCUT2D eigenvalue weighted by Crippen LogP contribution is -2.50. The molecule has 1 amide bonds. The van der Waals surface area contributed by atoms with Crippen LogP contribution in [0.15, 0.2) is 39.2 Å². The van der Waals surface area contributed by atoms with Gasteiger partial charge in [0.1, 0.15) is 0 Å². The SMILES string of the molecule is CCOC(=O)c1ccc(S(=O)(=O)N2CCN(C(=O)c3cccs3)CC2)o1. The third-order valence-electron chi connectivity index (χ3n) is 3.91. The summed E-state index contributed by atoms with van der Waals surface area (Å²) in [6.07, 6.45) is 0. The molecule has 1 aliphatic rings. The molecule has 1 saturated heterocycles. The zero-order chi connectivity index (χ0) is 18.7. The fraction of sp³-hybridized carbons (Fsp3) is 0.375. The van der Waals surface area contributed by atoms with Crippen molar-refractivity contribution in [3.05, 3.63) is 40.3 Å². The number of esters is 1. The molecule has 0 unspecified atom stereocenters. The predicted octanol–water partition coefficient (Wildman–Crippen LogP) is 1.66. The lowest BCUT2D eigenvalue weighted by Gasteiger charge is -2.33. The van der Waals surface area contributed by atoms with Crippen LogP contribution < -0.4 is 0 Å². The Labute approximate surface area is 155 Å². The van der Waals surface area contributed by atoms with Crippen molar-refractivity contribution in [1.29, 1.82) is 0 Å². The first kappa shape index (κ1) is 18.6. The van der Waals surface area contributed by atoms with Gasteiger partial charge in [0, 0.05) is 26.2 Å². The molecule has 0 bridgehead atoms. The zero-order valence-corrected chi connectivity index (χ0v) is 15.7. The average molecular weight is 398 g/mol. The van der Waals surface area contributed by atoms with E-state index in [2.05, 4.69) is 0 Å². The number of furan rings is 1. The fourth-order valence-corrected chi connectivity index (χ4v) is 4.61. The second-order valence-electron chi connectivity index (χ2n) is 5.51. The minimum Gasteiger partial charge on any atom is -0.460 e. The number of piperazine rings is 1. The van der Waals surface area contributed by atoms with Gasteiger partial charge in [0.2, 0.25) is 10.9 Å². The second-order valence-corrected chi connectivity index (χ2v) is 8.33. The number of thiophene rings is 1. The van der Waals surface area contributed by atoms with Crippen LogP contribution in [0.3, 0.4) is 0 Å². The van der Waals surface area contributed by atoms with Crippen LogP contribution >= 0.6 is 11.3 Å². The maximum atomic E-state index is 12.7. The lowest BCUT2D eigenvalue weighted by atomic mass is 10.3. The third kappa shape index (κ3) is 3.67. The van der Waals surface area contributed by atoms with Crippen molar-refractivity contribution in [3.8, 4) is 0 Å². The highest BCUT2D eigenvalue weighted by Crippen LogP contribution is 2.22. The summed E-state index contributed by atoms with van der Waals surface area (Å²) in [7, 11) is -3.87. The number of carbonyl (C=O) groups excluding carboxylic acids is 2. The largest absolute Gasteiger partial charge is 0.460 e. The minimum absolute atomic E-state index is 0.0976. The molecule has 140 valence electrons. The molecule has 1 fully saturated rings. The van der Waals surface area contributed by atoms with Crippen LogP contribution in [0.4, 0.5) is 0 Å². The summed E-state index contributed by atoms with van der Waals surface area (Å²) in [5.74, 6) is -0.961. The topological polar surface area (TPSA) is 97.1 Å². The number of nitrogens with zero attached hydrogens (tertiary/aromatic N) is 2. The summed E-state index contributed by atoms with van der Waals surface area (Å²) in [5.41, 5.74) is 0. The molecule has 0 radical (unpaired) electrons. The van der Waals surface area contributed by atoms with Crippen molar-refractivity contribution in [2.75, 3.05) is 32.8 Å². The summed E-state index contributed by atoms with van der Waals surface area (Å²) >= 11 is 1.36. The number of carbonyl (C=O) groups is 2. The molecule has 0 N–H and O–H groups in total. The Balaban J connectivity index is 1.66. The Kier molecular flexibility index (Phi) is 5.44. The maximum Gasteiger partial charge on any atom is 0.374 e. The van der Waals surface area contributed by atoms with Crippen LogP contribution in [0, 0.1) is 0 Å². The Hall–Kier alpha value is -2.17. The van der Waals surface area contributed by atoms with E-state index in [0.717, 1.165) is 0 Å². The zero-order valence-electron chi connectivity index (χ0n) is 14.1. The van der Waals surface area contributed by atoms with Crippen LogP contribution in [0.5, 0.6) is 0 Å². The average Bonchev–Trinajstić information content (AvgIpc) is 3.33. The Bertz CT molecular complexity index is 880. The molecule has 3 heterocycles. The molecule has 1 aliphatic heterocycles. The molecular weight excluding hydrogens is 380 g/mol. The van der Waals surface area contributed by atoms with E-state index in [4.69, 9.17) is 9.15 Å². The predicted molar refractivity (Wildman–Crippen MR) is 93.6 cm³/mol. The van der Waals surface area contributed by atoms with Crippen LogP contribution in [0.25, 0.3) is 0 Å². The van der Waals surface area contributed by atoms with E-state index in [1.54, 1.807) is 24.0 Å². The van der Waals surface area contributed by atoms with E-state index in [1.807, 2.05) is 5.38 Å². The summed E-state index contributed by atoms with van der Waals surface area (Å²) in [6.45, 7) is 2.73. The number of ether oxygens (including phenoxy) is 1. The number of hydrogen-bond acceptors (Lipinski definition) is 7. The second kappa shape index (κ2) is 7.60. The summed E-state index contributed by atoms with van der Waals surface area (Å²) in [5, 5.41) is 1.52. The van der Waals surface area contributed by atoms with Gasteiger partial charge in [0.25, 0.3) is 15.9 Å². The highest BCUT2D eigenvalue weighted by molar-refractivity contribution is 7.89. The van der Waals surface area contributed by atoms with Crippen molar-refractivity contribution >= 4 is 33.2 Å². The van der Waals surface area contributed by atoms with Crippen LogP contribution in [0.1, 0.15) is 27.2 Å². The van der Waals surface area contributed by atoms with Crippen molar-refractivity contribution in [2.45, 2.75) is 12.0 Å². The molecule has 26 heavy (non-hydrogen) atoms. The van der Waals surface area contributed by atoms with Gasteiger partial charge in [-0.05, 0) is 30.5 Å². The van der Waals surface area contributed by atoms with Crippen LogP contribution in [-0.2, 0) is 14.8 Å². The molecule has 0 aromatic carbocycles. The van der Waals surface area contributed by atoms with Gasteiger partial charge in [-0.1, -0.05) is 6.07 Å². The summed E-state index contributed by atoms with van der Waals surface area (Å²) in [6, 6.07) is 6.07. The molecule has 0 spiro atoms. The smallest absolute Gasteiger partial charge is 0.374 e. The summed E-state index contributed by atoms with van der Waals surface area (Å²) in [4.78, 5) is 26.2. The van der Waals surface area contributed by atoms with Crippen molar-refractivity contribution < 1.29 is 27.2 Å². The molecule has 0 saturated carbocycles. The van der Waals surface area contributed by atoms with E-state index in [1.165, 1.54) is 27.8 Å². The minimum atomic E-state index is -3.87. The van der Waals surface area contributed by atoms with Crippen LogP contribution in [0.2, 0.25) is 0 Å². The van der Waals surface area contributed by atoms with E-state index in [9.17, 15) is 18.0 Å². The fourth-order valence-electron chi connectivity index (χ4n) is 2.59. The third-order valence-corrected chi connectivity index (χ3v) is 6.54. The van der Waals surface area contributed by atoms with Gasteiger partial charge in [-0.3, -0.25) is 4.79 Å². The van der Waals surface area contributed by atoms with Crippen molar-refractivity contribution in [3.63, 3.8) is 0 Å². The number of rotatable bonds is 5. The van der Waals surface area contributed by atoms with Crippen molar-refractivity contribution in [2.24, 2.45) is 0 Å². The van der Waals surface area contributed by atoms with Gasteiger partial charge < -0.3 is 14.1 Å². The van der Waals surface area contributed by atoms with E-state index < -0.39 is 16.0 Å². The highest BCUT2D eigenvalue weighted by atomic mass is 32.2. The molecule has 0 atom stereocenters. The monoisotopic (exact) mass is 398 g/mol. The molecule has 2 aromatic heterocycles. The Morgan fingerprint density at radius 2 is 1.92 bits per heavy atom. The van der Waals surface area contributed by atoms with E-state index in [0.29, 0.717) is 18.0 Å². The quantitative estimate of drug-likeness (QED) is 0.711. The Morgan fingerprint density at radius 1 is 1.19 bits per heavy atom. The Morgan fingerprint density at radius 3 is 2.54 bits per heavy atom. The van der Waals surface area contributed by atoms with Gasteiger partial charge in [0.05, 0.1) is 11.5 Å². The molecular formula is C16H18N2O6S2. The molecule has 2 aromatic rings. The first-order chi connectivity index (χ1) is 12.4. The van der Waals surface area contributed by atoms with E-state index >= 15 is 0 Å². The molecule has 10 heteroatoms. The first-order valence-electron chi connectivity index (χ1n) is 8.03. The summed E-state index contributed by atoms with van der Waals surface area (Å²) < 4.78 is 36.5. The molecule has 3 rings (SSSR count). The molecule has 8 nitrogen and oxygen atoms in total. The number of amides is 1. The van der Waals surface area contributed by atoms with Gasteiger partial charge in [-0.2, -0.15) is 4.31 Å². The maximum absolute atomic E-state index is 12.7. The van der Waals surface area contributed by atoms with Crippen molar-refractivity contribution in [1.82, 2.24) is 9.21 Å². The van der Waals surface area contributed by atoms with Gasteiger partial charge in [0.15, 0.2) is 0 Å². The lowest BCUT2D eigenvalue weighted by molar-refractivity contribution is 0.0483. The normalized spacial score (nSPS) is 15.8. The molecule has 0 aliphatic carbocycles. The van der Waals surface area contributed by atoms with Gasteiger partial charge in [-0.15, -0.1) is 11.3 Å². The van der Waals surface area contributed by atoms with Crippen LogP contribution in [-0.4, -0.2) is 62.3 Å². The first-order valence-corrected chi connectivity index (χ1v) is 10.4. The highest BCUT2D eigenvalue weighted by Gasteiger charge is 2.33. The van der Waals surface area contributed by atoms with E-state index in [-0.39, 0.29) is 36.5 Å². The van der Waals surface area contributed by atoms with Gasteiger partial charge >= 0.3 is 5.97 Å². The standard InChI is InChI=1S/C16H18N2O6S2/c1-2-23-16(20)12-5-6-14(24-12)26(21,22)18-9-7-17(8-10-18)15(19)13-4-3-11-25-13/h3-6,11H,2,7-10H2,1H3. The number of sulfonamides is 1. The van der Waals surface area contributed by atoms with Gasteiger partial charge in [-0.25, -0.2) is 13.2 Å². The number of hydrogen-bond donors (Lipinski definition) is 0.